The van der Waals surface area contributed by atoms with Crippen LogP contribution in [0.3, 0.4) is 0 Å². The van der Waals surface area contributed by atoms with E-state index in [0.29, 0.717) is 6.42 Å². The molecule has 5 nitrogen and oxygen atoms in total. The van der Waals surface area contributed by atoms with Gasteiger partial charge in [-0.3, -0.25) is 9.89 Å². The van der Waals surface area contributed by atoms with Gasteiger partial charge in [-0.15, -0.1) is 0 Å². The van der Waals surface area contributed by atoms with E-state index < -0.39 is 0 Å². The fourth-order valence-corrected chi connectivity index (χ4v) is 1.60. The van der Waals surface area contributed by atoms with Crippen LogP contribution in [0.25, 0.3) is 0 Å². The number of primary amides is 1. The second-order valence-corrected chi connectivity index (χ2v) is 4.01. The van der Waals surface area contributed by atoms with Crippen LogP contribution >= 0.6 is 0 Å². The van der Waals surface area contributed by atoms with Crippen LogP contribution in [0.4, 0.5) is 0 Å². The number of carbonyl (C=O) groups excluding carboxylic acids is 1. The summed E-state index contributed by atoms with van der Waals surface area (Å²) in [5.74, 6) is -0.221. The smallest absolute Gasteiger partial charge is 0.217 e. The summed E-state index contributed by atoms with van der Waals surface area (Å²) in [7, 11) is 0. The number of aryl methyl sites for hydroxylation is 2. The normalized spacial score (nSPS) is 10.6. The van der Waals surface area contributed by atoms with Crippen molar-refractivity contribution in [3.63, 3.8) is 0 Å². The van der Waals surface area contributed by atoms with Gasteiger partial charge in [-0.25, -0.2) is 0 Å². The van der Waals surface area contributed by atoms with E-state index >= 15 is 0 Å². The third kappa shape index (κ3) is 4.02. The van der Waals surface area contributed by atoms with Crippen LogP contribution in [0, 0.1) is 13.8 Å². The summed E-state index contributed by atoms with van der Waals surface area (Å²) in [5.41, 5.74) is 8.44. The summed E-state index contributed by atoms with van der Waals surface area (Å²) in [6.45, 7) is 5.74. The van der Waals surface area contributed by atoms with Crippen LogP contribution in [-0.2, 0) is 11.3 Å². The predicted octanol–water partition coefficient (Wildman–Crippen LogP) is 0.772. The molecule has 0 bridgehead atoms. The molecule has 0 fully saturated rings. The second kappa shape index (κ2) is 6.27. The second-order valence-electron chi connectivity index (χ2n) is 4.01. The van der Waals surface area contributed by atoms with Gasteiger partial charge in [0.1, 0.15) is 0 Å². The topological polar surface area (TPSA) is 83.8 Å². The number of carbonyl (C=O) groups is 1. The molecule has 0 aliphatic heterocycles. The van der Waals surface area contributed by atoms with E-state index in [1.165, 1.54) is 5.56 Å². The molecule has 4 N–H and O–H groups in total. The summed E-state index contributed by atoms with van der Waals surface area (Å²) in [4.78, 5) is 10.5. The van der Waals surface area contributed by atoms with Crippen molar-refractivity contribution in [3.05, 3.63) is 17.0 Å². The number of unbranched alkanes of at least 4 members (excludes halogenated alkanes) is 1. The van der Waals surface area contributed by atoms with Gasteiger partial charge >= 0.3 is 0 Å². The summed E-state index contributed by atoms with van der Waals surface area (Å²) in [6, 6.07) is 0. The lowest BCUT2D eigenvalue weighted by Crippen LogP contribution is -2.16. The molecule has 90 valence electrons. The Morgan fingerprint density at radius 1 is 1.44 bits per heavy atom. The number of aromatic amines is 1. The average Bonchev–Trinajstić information content (AvgIpc) is 2.53. The summed E-state index contributed by atoms with van der Waals surface area (Å²) in [5, 5.41) is 10.4. The molecule has 16 heavy (non-hydrogen) atoms. The Morgan fingerprint density at radius 3 is 2.75 bits per heavy atom. The number of aromatic nitrogens is 2. The number of nitrogens with one attached hydrogen (secondary N) is 2. The van der Waals surface area contributed by atoms with Crippen LogP contribution < -0.4 is 11.1 Å². The van der Waals surface area contributed by atoms with Crippen molar-refractivity contribution < 1.29 is 4.79 Å². The highest BCUT2D eigenvalue weighted by Crippen LogP contribution is 2.08. The fourth-order valence-electron chi connectivity index (χ4n) is 1.60. The highest BCUT2D eigenvalue weighted by atomic mass is 16.1. The Kier molecular flexibility index (Phi) is 4.98. The molecular formula is C11H20N4O. The first kappa shape index (κ1) is 12.7. The van der Waals surface area contributed by atoms with Crippen molar-refractivity contribution in [2.45, 2.75) is 39.7 Å². The zero-order valence-electron chi connectivity index (χ0n) is 9.97. The number of nitrogens with two attached hydrogens (primary N) is 1. The van der Waals surface area contributed by atoms with Gasteiger partial charge in [-0.05, 0) is 33.2 Å². The minimum atomic E-state index is -0.221. The Labute approximate surface area is 95.8 Å². The Hall–Kier alpha value is -1.36. The minimum absolute atomic E-state index is 0.221. The molecule has 1 rings (SSSR count). The number of amides is 1. The van der Waals surface area contributed by atoms with Crippen molar-refractivity contribution >= 4 is 5.91 Å². The van der Waals surface area contributed by atoms with Crippen LogP contribution in [0.15, 0.2) is 0 Å². The maximum absolute atomic E-state index is 10.5. The van der Waals surface area contributed by atoms with Crippen molar-refractivity contribution in [2.24, 2.45) is 5.73 Å². The van der Waals surface area contributed by atoms with Crippen molar-refractivity contribution in [1.29, 1.82) is 0 Å². The van der Waals surface area contributed by atoms with Gasteiger partial charge in [0, 0.05) is 24.2 Å². The first-order valence-corrected chi connectivity index (χ1v) is 5.60. The molecule has 0 saturated heterocycles. The molecule has 1 aromatic rings. The molecule has 0 saturated carbocycles. The van der Waals surface area contributed by atoms with Gasteiger partial charge in [0.15, 0.2) is 0 Å². The van der Waals surface area contributed by atoms with E-state index in [4.69, 9.17) is 5.73 Å². The molecule has 1 heterocycles. The maximum atomic E-state index is 10.5. The first-order chi connectivity index (χ1) is 7.61. The highest BCUT2D eigenvalue weighted by Gasteiger charge is 2.04. The molecule has 0 atom stereocenters. The number of H-pyrrole nitrogens is 1. The van der Waals surface area contributed by atoms with E-state index in [2.05, 4.69) is 15.5 Å². The van der Waals surface area contributed by atoms with E-state index in [1.807, 2.05) is 13.8 Å². The summed E-state index contributed by atoms with van der Waals surface area (Å²) >= 11 is 0. The molecule has 0 spiro atoms. The minimum Gasteiger partial charge on any atom is -0.370 e. The predicted molar refractivity (Wildman–Crippen MR) is 62.8 cm³/mol. The van der Waals surface area contributed by atoms with Gasteiger partial charge in [-0.2, -0.15) is 5.10 Å². The Morgan fingerprint density at radius 2 is 2.19 bits per heavy atom. The molecule has 1 amide bonds. The van der Waals surface area contributed by atoms with Crippen LogP contribution in [0.2, 0.25) is 0 Å². The number of hydrogen-bond acceptors (Lipinski definition) is 3. The quantitative estimate of drug-likeness (QED) is 0.598. The number of rotatable bonds is 7. The van der Waals surface area contributed by atoms with Gasteiger partial charge in [-0.1, -0.05) is 0 Å². The Balaban J connectivity index is 2.14. The maximum Gasteiger partial charge on any atom is 0.217 e. The molecule has 5 heteroatoms. The molecule has 0 unspecified atom stereocenters. The van der Waals surface area contributed by atoms with Crippen LogP contribution in [-0.4, -0.2) is 22.6 Å². The fraction of sp³-hybridized carbons (Fsp3) is 0.636. The van der Waals surface area contributed by atoms with Gasteiger partial charge in [0.2, 0.25) is 5.91 Å². The van der Waals surface area contributed by atoms with Crippen LogP contribution in [0.1, 0.15) is 36.2 Å². The van der Waals surface area contributed by atoms with E-state index in [0.717, 1.165) is 37.3 Å². The van der Waals surface area contributed by atoms with E-state index in [9.17, 15) is 4.79 Å². The van der Waals surface area contributed by atoms with E-state index in [1.54, 1.807) is 0 Å². The largest absolute Gasteiger partial charge is 0.370 e. The Bertz CT molecular complexity index is 326. The third-order valence-electron chi connectivity index (χ3n) is 2.61. The van der Waals surface area contributed by atoms with Crippen molar-refractivity contribution in [3.8, 4) is 0 Å². The summed E-state index contributed by atoms with van der Waals surface area (Å²) < 4.78 is 0. The first-order valence-electron chi connectivity index (χ1n) is 5.60. The highest BCUT2D eigenvalue weighted by molar-refractivity contribution is 5.73. The standard InChI is InChI=1S/C11H20N4O/c1-8-10(9(2)15-14-8)7-13-6-4-3-5-11(12)16/h13H,3-7H2,1-2H3,(H2,12,16)(H,14,15). The molecule has 0 aromatic carbocycles. The molecule has 0 aliphatic carbocycles. The van der Waals surface area contributed by atoms with Gasteiger partial charge in [0.05, 0.1) is 5.69 Å². The van der Waals surface area contributed by atoms with Gasteiger partial charge in [0.25, 0.3) is 0 Å². The molecule has 1 aromatic heterocycles. The SMILES string of the molecule is Cc1n[nH]c(C)c1CNCCCCC(N)=O. The average molecular weight is 224 g/mol. The molecular weight excluding hydrogens is 204 g/mol. The number of hydrogen-bond donors (Lipinski definition) is 3. The van der Waals surface area contributed by atoms with Crippen molar-refractivity contribution in [1.82, 2.24) is 15.5 Å². The zero-order valence-corrected chi connectivity index (χ0v) is 9.97. The molecule has 0 radical (unpaired) electrons. The van der Waals surface area contributed by atoms with Gasteiger partial charge < -0.3 is 11.1 Å². The van der Waals surface area contributed by atoms with Crippen molar-refractivity contribution in [2.75, 3.05) is 6.54 Å². The number of nitrogens with zero attached hydrogens (tertiary/aromatic N) is 1. The third-order valence-corrected chi connectivity index (χ3v) is 2.61. The zero-order chi connectivity index (χ0) is 12.0. The van der Waals surface area contributed by atoms with Crippen LogP contribution in [0.5, 0.6) is 0 Å². The lowest BCUT2D eigenvalue weighted by Gasteiger charge is -2.04. The molecule has 0 aliphatic rings. The lowest BCUT2D eigenvalue weighted by atomic mass is 10.2. The lowest BCUT2D eigenvalue weighted by molar-refractivity contribution is -0.118. The van der Waals surface area contributed by atoms with E-state index in [-0.39, 0.29) is 5.91 Å². The summed E-state index contributed by atoms with van der Waals surface area (Å²) in [6.07, 6.45) is 2.30. The monoisotopic (exact) mass is 224 g/mol.